The molecule has 0 radical (unpaired) electrons. The molecule has 0 bridgehead atoms. The van der Waals surface area contributed by atoms with E-state index in [-0.39, 0.29) is 0 Å². The van der Waals surface area contributed by atoms with Gasteiger partial charge in [0.25, 0.3) is 0 Å². The molecule has 21 heavy (non-hydrogen) atoms. The molecule has 1 heterocycles. The fourth-order valence-corrected chi connectivity index (χ4v) is 3.64. The topological polar surface area (TPSA) is 35.5 Å². The minimum absolute atomic E-state index is 0.305. The molecule has 2 atom stereocenters. The van der Waals surface area contributed by atoms with Crippen molar-refractivity contribution < 1.29 is 5.11 Å². The van der Waals surface area contributed by atoms with Crippen LogP contribution in [0, 0.1) is 5.92 Å². The highest BCUT2D eigenvalue weighted by atomic mass is 79.9. The smallest absolute Gasteiger partial charge is 0.0510 e. The molecule has 1 fully saturated rings. The average molecular weight is 355 g/mol. The van der Waals surface area contributed by atoms with Gasteiger partial charge >= 0.3 is 0 Å². The maximum absolute atomic E-state index is 9.07. The van der Waals surface area contributed by atoms with Crippen LogP contribution in [0.4, 0.5) is 5.69 Å². The molecule has 2 unspecified atom stereocenters. The Kier molecular flexibility index (Phi) is 6.52. The Labute approximate surface area is 136 Å². The van der Waals surface area contributed by atoms with Crippen LogP contribution in [0.1, 0.15) is 44.7 Å². The number of rotatable bonds is 7. The van der Waals surface area contributed by atoms with E-state index in [0.29, 0.717) is 18.6 Å². The molecule has 0 aliphatic carbocycles. The Morgan fingerprint density at radius 2 is 2.29 bits per heavy atom. The zero-order valence-electron chi connectivity index (χ0n) is 13.1. The maximum Gasteiger partial charge on any atom is 0.0510 e. The lowest BCUT2D eigenvalue weighted by molar-refractivity contribution is 0.263. The molecule has 2 rings (SSSR count). The van der Waals surface area contributed by atoms with Gasteiger partial charge in [0.1, 0.15) is 0 Å². The molecule has 1 aliphatic rings. The van der Waals surface area contributed by atoms with Crippen LogP contribution in [0.25, 0.3) is 0 Å². The molecule has 4 heteroatoms. The van der Waals surface area contributed by atoms with E-state index in [9.17, 15) is 0 Å². The van der Waals surface area contributed by atoms with Gasteiger partial charge in [0.05, 0.1) is 5.69 Å². The van der Waals surface area contributed by atoms with Crippen molar-refractivity contribution in [3.63, 3.8) is 0 Å². The SMILES string of the molecule is CCCNC(C)c1ccc(N2CCC(CCO)C2)c(Br)c1. The highest BCUT2D eigenvalue weighted by Crippen LogP contribution is 2.33. The predicted octanol–water partition coefficient (Wildman–Crippen LogP) is 3.72. The van der Waals surface area contributed by atoms with E-state index in [1.165, 1.54) is 22.1 Å². The van der Waals surface area contributed by atoms with Gasteiger partial charge < -0.3 is 15.3 Å². The van der Waals surface area contributed by atoms with Crippen molar-refractivity contribution in [2.45, 2.75) is 39.2 Å². The molecule has 1 aromatic carbocycles. The van der Waals surface area contributed by atoms with E-state index in [4.69, 9.17) is 5.11 Å². The van der Waals surface area contributed by atoms with Crippen LogP contribution in [0.15, 0.2) is 22.7 Å². The highest BCUT2D eigenvalue weighted by molar-refractivity contribution is 9.10. The lowest BCUT2D eigenvalue weighted by Crippen LogP contribution is -2.21. The minimum atomic E-state index is 0.305. The first-order valence-corrected chi connectivity index (χ1v) is 8.83. The standard InChI is InChI=1S/C17H27BrN2O/c1-3-8-19-13(2)15-4-5-17(16(18)11-15)20-9-6-14(12-20)7-10-21/h4-5,11,13-14,19,21H,3,6-10,12H2,1-2H3. The number of halogens is 1. The summed E-state index contributed by atoms with van der Waals surface area (Å²) < 4.78 is 1.18. The van der Waals surface area contributed by atoms with Crippen molar-refractivity contribution in [1.29, 1.82) is 0 Å². The lowest BCUT2D eigenvalue weighted by Gasteiger charge is -2.22. The summed E-state index contributed by atoms with van der Waals surface area (Å²) in [6.45, 7) is 7.91. The Balaban J connectivity index is 2.02. The summed E-state index contributed by atoms with van der Waals surface area (Å²) in [6.07, 6.45) is 3.26. The molecule has 0 saturated carbocycles. The summed E-state index contributed by atoms with van der Waals surface area (Å²) in [4.78, 5) is 2.43. The number of aliphatic hydroxyl groups excluding tert-OH is 1. The summed E-state index contributed by atoms with van der Waals surface area (Å²) in [6, 6.07) is 7.08. The number of hydrogen-bond donors (Lipinski definition) is 2. The molecule has 3 nitrogen and oxygen atoms in total. The zero-order valence-corrected chi connectivity index (χ0v) is 14.7. The summed E-state index contributed by atoms with van der Waals surface area (Å²) in [5, 5.41) is 12.6. The Morgan fingerprint density at radius 1 is 1.48 bits per heavy atom. The highest BCUT2D eigenvalue weighted by Gasteiger charge is 2.23. The fraction of sp³-hybridized carbons (Fsp3) is 0.647. The van der Waals surface area contributed by atoms with Crippen molar-refractivity contribution in [3.8, 4) is 0 Å². The van der Waals surface area contributed by atoms with E-state index in [2.05, 4.69) is 58.2 Å². The van der Waals surface area contributed by atoms with Gasteiger partial charge in [-0.15, -0.1) is 0 Å². The maximum atomic E-state index is 9.07. The van der Waals surface area contributed by atoms with E-state index < -0.39 is 0 Å². The third kappa shape index (κ3) is 4.44. The molecular weight excluding hydrogens is 328 g/mol. The molecule has 1 aromatic rings. The Hall–Kier alpha value is -0.580. The van der Waals surface area contributed by atoms with Gasteiger partial charge in [-0.25, -0.2) is 0 Å². The molecule has 0 amide bonds. The Morgan fingerprint density at radius 3 is 2.95 bits per heavy atom. The lowest BCUT2D eigenvalue weighted by atomic mass is 10.1. The average Bonchev–Trinajstić information content (AvgIpc) is 2.93. The van der Waals surface area contributed by atoms with Crippen LogP contribution >= 0.6 is 15.9 Å². The van der Waals surface area contributed by atoms with Crippen LogP contribution in [-0.2, 0) is 0 Å². The van der Waals surface area contributed by atoms with Crippen molar-refractivity contribution in [1.82, 2.24) is 5.32 Å². The molecule has 2 N–H and O–H groups in total. The zero-order chi connectivity index (χ0) is 15.2. The van der Waals surface area contributed by atoms with Crippen LogP contribution < -0.4 is 10.2 Å². The van der Waals surface area contributed by atoms with Gasteiger partial charge in [-0.2, -0.15) is 0 Å². The van der Waals surface area contributed by atoms with Gasteiger partial charge in [0.15, 0.2) is 0 Å². The largest absolute Gasteiger partial charge is 0.396 e. The summed E-state index contributed by atoms with van der Waals surface area (Å²) in [5.74, 6) is 0.631. The first-order chi connectivity index (χ1) is 10.2. The van der Waals surface area contributed by atoms with Gasteiger partial charge in [-0.3, -0.25) is 0 Å². The number of anilines is 1. The second kappa shape index (κ2) is 8.16. The molecule has 0 spiro atoms. The Bertz CT molecular complexity index is 452. The second-order valence-corrected chi connectivity index (χ2v) is 6.85. The first-order valence-electron chi connectivity index (χ1n) is 8.04. The number of hydrogen-bond acceptors (Lipinski definition) is 3. The van der Waals surface area contributed by atoms with E-state index in [0.717, 1.165) is 32.5 Å². The monoisotopic (exact) mass is 354 g/mol. The number of benzene rings is 1. The second-order valence-electron chi connectivity index (χ2n) is 6.00. The minimum Gasteiger partial charge on any atom is -0.396 e. The summed E-state index contributed by atoms with van der Waals surface area (Å²) in [5.41, 5.74) is 2.60. The van der Waals surface area contributed by atoms with Crippen molar-refractivity contribution >= 4 is 21.6 Å². The van der Waals surface area contributed by atoms with E-state index >= 15 is 0 Å². The number of nitrogens with one attached hydrogen (secondary N) is 1. The van der Waals surface area contributed by atoms with Crippen molar-refractivity contribution in [2.75, 3.05) is 31.1 Å². The van der Waals surface area contributed by atoms with Crippen molar-refractivity contribution in [3.05, 3.63) is 28.2 Å². The molecule has 118 valence electrons. The van der Waals surface area contributed by atoms with Crippen molar-refractivity contribution in [2.24, 2.45) is 5.92 Å². The molecule has 0 aromatic heterocycles. The van der Waals surface area contributed by atoms with Crippen LogP contribution in [-0.4, -0.2) is 31.3 Å². The van der Waals surface area contributed by atoms with Crippen LogP contribution in [0.2, 0.25) is 0 Å². The van der Waals surface area contributed by atoms with Gasteiger partial charge in [-0.1, -0.05) is 13.0 Å². The van der Waals surface area contributed by atoms with E-state index in [1.807, 2.05) is 0 Å². The molecular formula is C17H27BrN2O. The van der Waals surface area contributed by atoms with Gasteiger partial charge in [0, 0.05) is 30.2 Å². The quantitative estimate of drug-likeness (QED) is 0.783. The van der Waals surface area contributed by atoms with Gasteiger partial charge in [-0.05, 0) is 72.3 Å². The predicted molar refractivity (Wildman–Crippen MR) is 92.9 cm³/mol. The third-order valence-corrected chi connectivity index (χ3v) is 4.97. The first kappa shape index (κ1) is 16.8. The molecule has 1 aliphatic heterocycles. The normalized spacial score (nSPS) is 20.0. The van der Waals surface area contributed by atoms with Gasteiger partial charge in [0.2, 0.25) is 0 Å². The van der Waals surface area contributed by atoms with E-state index in [1.54, 1.807) is 0 Å². The summed E-state index contributed by atoms with van der Waals surface area (Å²) >= 11 is 3.73. The molecule has 1 saturated heterocycles. The van der Waals surface area contributed by atoms with Crippen LogP contribution in [0.5, 0.6) is 0 Å². The van der Waals surface area contributed by atoms with Crippen LogP contribution in [0.3, 0.4) is 0 Å². The fourth-order valence-electron chi connectivity index (χ4n) is 3.00. The third-order valence-electron chi connectivity index (χ3n) is 4.34. The number of nitrogens with zero attached hydrogens (tertiary/aromatic N) is 1. The summed E-state index contributed by atoms with van der Waals surface area (Å²) in [7, 11) is 0. The number of aliphatic hydroxyl groups is 1.